The van der Waals surface area contributed by atoms with Gasteiger partial charge in [0.1, 0.15) is 12.6 Å². The van der Waals surface area contributed by atoms with Gasteiger partial charge in [0.25, 0.3) is 10.0 Å². The first-order valence-corrected chi connectivity index (χ1v) is 16.6. The number of amides is 2. The monoisotopic (exact) mass is 693 g/mol. The highest BCUT2D eigenvalue weighted by Gasteiger charge is 2.35. The highest BCUT2D eigenvalue weighted by molar-refractivity contribution is 9.10. The van der Waals surface area contributed by atoms with Crippen molar-refractivity contribution in [1.29, 1.82) is 0 Å². The number of rotatable bonds is 10. The van der Waals surface area contributed by atoms with Crippen LogP contribution in [0.1, 0.15) is 55.7 Å². The van der Waals surface area contributed by atoms with Crippen LogP contribution in [-0.4, -0.2) is 43.8 Å². The van der Waals surface area contributed by atoms with Gasteiger partial charge in [0.15, 0.2) is 0 Å². The van der Waals surface area contributed by atoms with Crippen LogP contribution in [0.4, 0.5) is 18.9 Å². The van der Waals surface area contributed by atoms with Crippen molar-refractivity contribution in [3.05, 3.63) is 94.0 Å². The van der Waals surface area contributed by atoms with Crippen LogP contribution >= 0.6 is 15.9 Å². The number of aryl methyl sites for hydroxylation is 1. The minimum atomic E-state index is -4.74. The predicted octanol–water partition coefficient (Wildman–Crippen LogP) is 6.84. The second kappa shape index (κ2) is 14.2. The van der Waals surface area contributed by atoms with Crippen LogP contribution in [-0.2, 0) is 32.3 Å². The molecule has 1 N–H and O–H groups in total. The van der Waals surface area contributed by atoms with Gasteiger partial charge in [-0.05, 0) is 74.7 Å². The second-order valence-electron chi connectivity index (χ2n) is 11.0. The Kier molecular flexibility index (Phi) is 10.8. The first-order valence-electron chi connectivity index (χ1n) is 14.4. The molecule has 1 saturated carbocycles. The Labute approximate surface area is 264 Å². The number of hydrogen-bond donors (Lipinski definition) is 1. The molecule has 1 aliphatic carbocycles. The van der Waals surface area contributed by atoms with E-state index in [2.05, 4.69) is 21.2 Å². The van der Waals surface area contributed by atoms with Gasteiger partial charge in [0.2, 0.25) is 11.8 Å². The van der Waals surface area contributed by atoms with Crippen molar-refractivity contribution in [1.82, 2.24) is 10.2 Å². The smallest absolute Gasteiger partial charge is 0.352 e. The third-order valence-electron chi connectivity index (χ3n) is 7.71. The van der Waals surface area contributed by atoms with Crippen LogP contribution in [0.15, 0.2) is 82.2 Å². The van der Waals surface area contributed by atoms with E-state index >= 15 is 0 Å². The zero-order chi connectivity index (χ0) is 32.1. The predicted molar refractivity (Wildman–Crippen MR) is 166 cm³/mol. The average molecular weight is 695 g/mol. The van der Waals surface area contributed by atoms with E-state index in [0.717, 1.165) is 54.3 Å². The highest BCUT2D eigenvalue weighted by atomic mass is 79.9. The van der Waals surface area contributed by atoms with Gasteiger partial charge in [-0.2, -0.15) is 13.2 Å². The Balaban J connectivity index is 1.72. The maximum atomic E-state index is 14.1. The molecule has 2 amide bonds. The summed E-state index contributed by atoms with van der Waals surface area (Å²) < 4.78 is 70.2. The molecule has 0 aromatic heterocycles. The molecule has 0 aliphatic heterocycles. The minimum Gasteiger partial charge on any atom is -0.352 e. The molecule has 236 valence electrons. The Hall–Kier alpha value is -3.38. The van der Waals surface area contributed by atoms with E-state index in [4.69, 9.17) is 0 Å². The van der Waals surface area contributed by atoms with Gasteiger partial charge in [-0.15, -0.1) is 0 Å². The number of carbonyl (C=O) groups excluding carboxylic acids is 2. The number of hydrogen-bond acceptors (Lipinski definition) is 4. The van der Waals surface area contributed by atoms with Crippen molar-refractivity contribution in [3.63, 3.8) is 0 Å². The van der Waals surface area contributed by atoms with E-state index in [9.17, 15) is 31.2 Å². The molecule has 0 heterocycles. The van der Waals surface area contributed by atoms with E-state index < -0.39 is 40.3 Å². The summed E-state index contributed by atoms with van der Waals surface area (Å²) in [6.45, 7) is 2.48. The molecule has 0 spiro atoms. The fourth-order valence-corrected chi connectivity index (χ4v) is 7.04. The lowest BCUT2D eigenvalue weighted by molar-refractivity contribution is -0.139. The molecule has 1 fully saturated rings. The van der Waals surface area contributed by atoms with Crippen molar-refractivity contribution in [3.8, 4) is 0 Å². The third kappa shape index (κ3) is 8.41. The van der Waals surface area contributed by atoms with Crippen LogP contribution in [0.2, 0.25) is 0 Å². The molecule has 1 aliphatic rings. The van der Waals surface area contributed by atoms with Crippen molar-refractivity contribution in [2.75, 3.05) is 10.8 Å². The molecule has 1 unspecified atom stereocenters. The van der Waals surface area contributed by atoms with Crippen molar-refractivity contribution >= 4 is 43.5 Å². The zero-order valence-electron chi connectivity index (χ0n) is 24.5. The second-order valence-corrected chi connectivity index (χ2v) is 13.8. The SMILES string of the molecule is Cc1ccc(S(=O)(=O)N(CC(=O)N(Cc2cccc(Br)c2)C(C)C(=O)NC2CCCCC2)c2cccc(C(F)(F)F)c2)cc1. The van der Waals surface area contributed by atoms with Crippen LogP contribution in [0.3, 0.4) is 0 Å². The fourth-order valence-electron chi connectivity index (χ4n) is 5.19. The largest absolute Gasteiger partial charge is 0.416 e. The summed E-state index contributed by atoms with van der Waals surface area (Å²) in [5.74, 6) is -1.13. The number of alkyl halides is 3. The summed E-state index contributed by atoms with van der Waals surface area (Å²) >= 11 is 3.41. The molecule has 0 radical (unpaired) electrons. The topological polar surface area (TPSA) is 86.8 Å². The Morgan fingerprint density at radius 3 is 2.27 bits per heavy atom. The van der Waals surface area contributed by atoms with E-state index in [1.165, 1.54) is 23.1 Å². The van der Waals surface area contributed by atoms with Crippen LogP contribution in [0.25, 0.3) is 0 Å². The average Bonchev–Trinajstić information content (AvgIpc) is 2.98. The van der Waals surface area contributed by atoms with Crippen molar-refractivity contribution in [2.24, 2.45) is 0 Å². The van der Waals surface area contributed by atoms with E-state index in [0.29, 0.717) is 15.9 Å². The van der Waals surface area contributed by atoms with E-state index in [1.54, 1.807) is 50.2 Å². The van der Waals surface area contributed by atoms with Crippen LogP contribution < -0.4 is 9.62 Å². The quantitative estimate of drug-likeness (QED) is 0.252. The first kappa shape index (κ1) is 33.5. The molecule has 0 bridgehead atoms. The molecular formula is C32H35BrF3N3O4S. The van der Waals surface area contributed by atoms with Gasteiger partial charge in [-0.3, -0.25) is 13.9 Å². The standard InChI is InChI=1S/C32H35BrF3N3O4S/c1-22-14-16-29(17-15-22)44(42,43)39(28-13-7-9-25(19-28)32(34,35)36)21-30(40)38(20-24-8-6-10-26(33)18-24)23(2)31(41)37-27-11-4-3-5-12-27/h6-10,13-19,23,27H,3-5,11-12,20-21H2,1-2H3,(H,37,41). The number of halogens is 4. The summed E-state index contributed by atoms with van der Waals surface area (Å²) in [5, 5.41) is 3.02. The van der Waals surface area contributed by atoms with Gasteiger partial charge < -0.3 is 10.2 Å². The van der Waals surface area contributed by atoms with E-state index in [1.807, 2.05) is 0 Å². The maximum Gasteiger partial charge on any atom is 0.416 e. The van der Waals surface area contributed by atoms with Gasteiger partial charge in [0.05, 0.1) is 16.1 Å². The molecule has 44 heavy (non-hydrogen) atoms. The fraction of sp³-hybridized carbons (Fsp3) is 0.375. The molecular weight excluding hydrogens is 659 g/mol. The van der Waals surface area contributed by atoms with Gasteiger partial charge in [-0.1, -0.05) is 71.1 Å². The molecule has 4 rings (SSSR count). The number of nitrogens with one attached hydrogen (secondary N) is 1. The molecule has 0 saturated heterocycles. The number of benzene rings is 3. The third-order valence-corrected chi connectivity index (χ3v) is 9.99. The van der Waals surface area contributed by atoms with Crippen molar-refractivity contribution in [2.45, 2.75) is 75.7 Å². The summed E-state index contributed by atoms with van der Waals surface area (Å²) in [6, 6.07) is 15.8. The summed E-state index contributed by atoms with van der Waals surface area (Å²) in [4.78, 5) is 28.6. The van der Waals surface area contributed by atoms with E-state index in [-0.39, 0.29) is 29.1 Å². The number of nitrogens with zero attached hydrogens (tertiary/aromatic N) is 2. The summed E-state index contributed by atoms with van der Waals surface area (Å²) in [6.07, 6.45) is -0.00794. The molecule has 7 nitrogen and oxygen atoms in total. The van der Waals surface area contributed by atoms with Gasteiger partial charge in [-0.25, -0.2) is 8.42 Å². The van der Waals surface area contributed by atoms with Gasteiger partial charge in [0, 0.05) is 17.1 Å². The normalized spacial score (nSPS) is 15.0. The number of sulfonamides is 1. The van der Waals surface area contributed by atoms with Crippen LogP contribution in [0.5, 0.6) is 0 Å². The Bertz CT molecular complexity index is 1580. The summed E-state index contributed by atoms with van der Waals surface area (Å²) in [5.41, 5.74) is 0.0777. The lowest BCUT2D eigenvalue weighted by atomic mass is 9.95. The maximum absolute atomic E-state index is 14.1. The number of anilines is 1. The van der Waals surface area contributed by atoms with Gasteiger partial charge >= 0.3 is 6.18 Å². The Morgan fingerprint density at radius 1 is 0.977 bits per heavy atom. The highest BCUT2D eigenvalue weighted by Crippen LogP contribution is 2.33. The lowest BCUT2D eigenvalue weighted by Crippen LogP contribution is -2.53. The Morgan fingerprint density at radius 2 is 1.64 bits per heavy atom. The molecule has 3 aromatic rings. The molecule has 3 aromatic carbocycles. The summed E-state index contributed by atoms with van der Waals surface area (Å²) in [7, 11) is -4.50. The van der Waals surface area contributed by atoms with Crippen molar-refractivity contribution < 1.29 is 31.2 Å². The zero-order valence-corrected chi connectivity index (χ0v) is 26.9. The first-order chi connectivity index (χ1) is 20.8. The number of carbonyl (C=O) groups is 2. The lowest BCUT2D eigenvalue weighted by Gasteiger charge is -2.33. The molecule has 1 atom stereocenters. The minimum absolute atomic E-state index is 0.0231. The molecule has 12 heteroatoms. The van der Waals surface area contributed by atoms with Crippen LogP contribution in [0, 0.1) is 6.92 Å².